The third kappa shape index (κ3) is 8.01. The van der Waals surface area contributed by atoms with E-state index in [1.807, 2.05) is 44.2 Å². The van der Waals surface area contributed by atoms with Crippen LogP contribution in [0.15, 0.2) is 84.0 Å². The first-order chi connectivity index (χ1) is 20.1. The van der Waals surface area contributed by atoms with Crippen LogP contribution >= 0.6 is 0 Å². The van der Waals surface area contributed by atoms with Gasteiger partial charge >= 0.3 is 0 Å². The van der Waals surface area contributed by atoms with Crippen LogP contribution in [0.1, 0.15) is 95.4 Å². The molecule has 3 aromatic rings. The number of nitrogens with one attached hydrogen (secondary N) is 1. The van der Waals surface area contributed by atoms with Gasteiger partial charge in [0.15, 0.2) is 0 Å². The number of aliphatic hydroxyl groups is 1. The van der Waals surface area contributed by atoms with E-state index in [4.69, 9.17) is 0 Å². The lowest BCUT2D eigenvalue weighted by Crippen LogP contribution is -2.39. The lowest BCUT2D eigenvalue weighted by molar-refractivity contribution is -0.126. The molecule has 4 nitrogen and oxygen atoms in total. The number of benzene rings is 2. The SMILES string of the molecule is CC.Cc1cc2ccccc2n1C/C1=C/C/C=C(/C(C(=O)NC(CO)c2ccccc2)C2CCCCCC2)CCC1. The van der Waals surface area contributed by atoms with Gasteiger partial charge in [-0.25, -0.2) is 0 Å². The van der Waals surface area contributed by atoms with Gasteiger partial charge in [0.2, 0.25) is 5.91 Å². The summed E-state index contributed by atoms with van der Waals surface area (Å²) in [5.41, 5.74) is 6.35. The summed E-state index contributed by atoms with van der Waals surface area (Å²) in [6, 6.07) is 20.4. The molecule has 41 heavy (non-hydrogen) atoms. The van der Waals surface area contributed by atoms with Crippen LogP contribution < -0.4 is 5.32 Å². The number of amides is 1. The molecule has 0 bridgehead atoms. The summed E-state index contributed by atoms with van der Waals surface area (Å²) in [6.45, 7) is 7.04. The normalized spacial score (nSPS) is 20.6. The van der Waals surface area contributed by atoms with Gasteiger partial charge in [0.25, 0.3) is 0 Å². The minimum absolute atomic E-state index is 0.0915. The number of fused-ring (bicyclic) bond motifs is 1. The smallest absolute Gasteiger partial charge is 0.228 e. The summed E-state index contributed by atoms with van der Waals surface area (Å²) in [4.78, 5) is 14.0. The number of aliphatic hydroxyl groups excluding tert-OH is 1. The molecule has 1 fully saturated rings. The lowest BCUT2D eigenvalue weighted by Gasteiger charge is -2.30. The molecule has 5 rings (SSSR count). The Balaban J connectivity index is 0.00000189. The van der Waals surface area contributed by atoms with E-state index in [0.29, 0.717) is 5.92 Å². The lowest BCUT2D eigenvalue weighted by atomic mass is 9.77. The number of para-hydroxylation sites is 1. The van der Waals surface area contributed by atoms with E-state index in [9.17, 15) is 9.90 Å². The van der Waals surface area contributed by atoms with Crippen molar-refractivity contribution in [1.29, 1.82) is 0 Å². The number of rotatable bonds is 8. The second kappa shape index (κ2) is 15.8. The Morgan fingerprint density at radius 2 is 1.63 bits per heavy atom. The Morgan fingerprint density at radius 1 is 0.927 bits per heavy atom. The molecule has 2 atom stereocenters. The zero-order valence-electron chi connectivity index (χ0n) is 25.4. The molecule has 220 valence electrons. The van der Waals surface area contributed by atoms with Crippen molar-refractivity contribution < 1.29 is 9.90 Å². The van der Waals surface area contributed by atoms with E-state index in [0.717, 1.165) is 50.6 Å². The first-order valence-electron chi connectivity index (χ1n) is 16.0. The van der Waals surface area contributed by atoms with E-state index in [1.165, 1.54) is 53.4 Å². The van der Waals surface area contributed by atoms with Gasteiger partial charge in [-0.05, 0) is 74.4 Å². The highest BCUT2D eigenvalue weighted by molar-refractivity contribution is 5.82. The fraction of sp³-hybridized carbons (Fsp3) is 0.486. The van der Waals surface area contributed by atoms with E-state index in [-0.39, 0.29) is 24.5 Å². The van der Waals surface area contributed by atoms with Gasteiger partial charge in [-0.3, -0.25) is 4.79 Å². The number of hydrogen-bond donors (Lipinski definition) is 2. The van der Waals surface area contributed by atoms with Crippen molar-refractivity contribution in [2.75, 3.05) is 6.61 Å². The molecule has 1 heterocycles. The molecular weight excluding hydrogens is 504 g/mol. The number of nitrogens with zero attached hydrogens (tertiary/aromatic N) is 1. The molecule has 4 heteroatoms. The average molecular weight is 555 g/mol. The predicted octanol–water partition coefficient (Wildman–Crippen LogP) is 8.84. The van der Waals surface area contributed by atoms with Crippen LogP contribution in [0.4, 0.5) is 0 Å². The maximum Gasteiger partial charge on any atom is 0.228 e. The van der Waals surface area contributed by atoms with Crippen LogP contribution in [0.3, 0.4) is 0 Å². The van der Waals surface area contributed by atoms with Crippen LogP contribution in [0.5, 0.6) is 0 Å². The van der Waals surface area contributed by atoms with Gasteiger partial charge in [-0.1, -0.05) is 111 Å². The van der Waals surface area contributed by atoms with Crippen molar-refractivity contribution >= 4 is 16.8 Å². The highest BCUT2D eigenvalue weighted by Crippen LogP contribution is 2.37. The Hall–Kier alpha value is -3.11. The van der Waals surface area contributed by atoms with Crippen LogP contribution in [0.25, 0.3) is 10.9 Å². The average Bonchev–Trinajstić information content (AvgIpc) is 3.13. The molecule has 0 aliphatic heterocycles. The zero-order valence-corrected chi connectivity index (χ0v) is 25.4. The quantitative estimate of drug-likeness (QED) is 0.216. The molecule has 1 saturated carbocycles. The fourth-order valence-electron chi connectivity index (χ4n) is 6.80. The number of aryl methyl sites for hydroxylation is 1. The maximum absolute atomic E-state index is 14.0. The van der Waals surface area contributed by atoms with Gasteiger partial charge in [-0.15, -0.1) is 0 Å². The molecule has 1 aromatic heterocycles. The first-order valence-corrected chi connectivity index (χ1v) is 16.0. The second-order valence-corrected chi connectivity index (χ2v) is 11.5. The summed E-state index contributed by atoms with van der Waals surface area (Å²) >= 11 is 0. The Labute approximate surface area is 247 Å². The van der Waals surface area contributed by atoms with Crippen molar-refractivity contribution in [3.05, 3.63) is 95.2 Å². The molecule has 0 radical (unpaired) electrons. The standard InChI is InChI=1S/C35H44N2O2.C2H6/c1-26-23-31-19-9-10-22-33(31)37(26)24-27-13-11-20-30(21-12-14-27)34(29-17-5-2-3-6-18-29)35(39)36-32(25-38)28-15-7-4-8-16-28;1-2/h4,7-10,13,15-16,19-20,22-23,29,32,34,38H,2-3,5-6,11-12,14,17-18,21,24-25H2,1H3,(H,36,39);1-2H3/b27-13+,30-20+;. The summed E-state index contributed by atoms with van der Waals surface area (Å²) < 4.78 is 2.44. The van der Waals surface area contributed by atoms with Crippen LogP contribution in [0, 0.1) is 18.8 Å². The molecule has 2 unspecified atom stereocenters. The summed E-state index contributed by atoms with van der Waals surface area (Å²) in [7, 11) is 0. The van der Waals surface area contributed by atoms with E-state index in [1.54, 1.807) is 0 Å². The second-order valence-electron chi connectivity index (χ2n) is 11.5. The molecular formula is C37H50N2O2. The monoisotopic (exact) mass is 554 g/mol. The Bertz CT molecular complexity index is 1290. The molecule has 2 aliphatic rings. The van der Waals surface area contributed by atoms with Crippen molar-refractivity contribution in [2.24, 2.45) is 11.8 Å². The Kier molecular flexibility index (Phi) is 11.9. The minimum atomic E-state index is -0.368. The number of allylic oxidation sites excluding steroid dienone is 3. The maximum atomic E-state index is 14.0. The number of carbonyl (C=O) groups is 1. The number of aromatic nitrogens is 1. The highest BCUT2D eigenvalue weighted by Gasteiger charge is 2.33. The zero-order chi connectivity index (χ0) is 29.0. The van der Waals surface area contributed by atoms with Crippen LogP contribution in [-0.2, 0) is 11.3 Å². The highest BCUT2D eigenvalue weighted by atomic mass is 16.3. The van der Waals surface area contributed by atoms with Crippen LogP contribution in [0.2, 0.25) is 0 Å². The summed E-state index contributed by atoms with van der Waals surface area (Å²) in [5.74, 6) is 0.368. The predicted molar refractivity (Wildman–Crippen MR) is 172 cm³/mol. The summed E-state index contributed by atoms with van der Waals surface area (Å²) in [6.07, 6.45) is 15.9. The summed E-state index contributed by atoms with van der Waals surface area (Å²) in [5, 5.41) is 14.7. The van der Waals surface area contributed by atoms with Gasteiger partial charge in [0, 0.05) is 17.8 Å². The van der Waals surface area contributed by atoms with E-state index >= 15 is 0 Å². The Morgan fingerprint density at radius 3 is 2.37 bits per heavy atom. The largest absolute Gasteiger partial charge is 0.394 e. The van der Waals surface area contributed by atoms with E-state index in [2.05, 4.69) is 59.3 Å². The molecule has 0 spiro atoms. The van der Waals surface area contributed by atoms with Gasteiger partial charge in [-0.2, -0.15) is 0 Å². The number of hydrogen-bond acceptors (Lipinski definition) is 2. The molecule has 2 N–H and O–H groups in total. The molecule has 2 aromatic carbocycles. The molecule has 1 amide bonds. The molecule has 0 saturated heterocycles. The first kappa shape index (κ1) is 30.8. The van der Waals surface area contributed by atoms with E-state index < -0.39 is 0 Å². The van der Waals surface area contributed by atoms with Crippen molar-refractivity contribution in [1.82, 2.24) is 9.88 Å². The third-order valence-corrected chi connectivity index (χ3v) is 8.88. The van der Waals surface area contributed by atoms with Gasteiger partial charge in [0.1, 0.15) is 0 Å². The third-order valence-electron chi connectivity index (χ3n) is 8.88. The molecule has 2 aliphatic carbocycles. The fourth-order valence-corrected chi connectivity index (χ4v) is 6.80. The van der Waals surface area contributed by atoms with Crippen molar-refractivity contribution in [2.45, 2.75) is 97.6 Å². The number of carbonyl (C=O) groups excluding carboxylic acids is 1. The van der Waals surface area contributed by atoms with Gasteiger partial charge < -0.3 is 15.0 Å². The van der Waals surface area contributed by atoms with Gasteiger partial charge in [0.05, 0.1) is 18.6 Å². The minimum Gasteiger partial charge on any atom is -0.394 e. The van der Waals surface area contributed by atoms with Crippen molar-refractivity contribution in [3.8, 4) is 0 Å². The van der Waals surface area contributed by atoms with Crippen molar-refractivity contribution in [3.63, 3.8) is 0 Å². The topological polar surface area (TPSA) is 54.3 Å². The van der Waals surface area contributed by atoms with Crippen LogP contribution in [-0.4, -0.2) is 22.2 Å².